The minimum atomic E-state index is -0.438. The lowest BCUT2D eigenvalue weighted by Crippen LogP contribution is -2.50. The number of likely N-dealkylation sites (N-methyl/N-ethyl adjacent to an activating group) is 1. The number of carbonyl (C=O) groups excluding carboxylic acids is 1. The molecule has 0 aliphatic carbocycles. The monoisotopic (exact) mass is 251 g/mol. The molecule has 0 atom stereocenters. The van der Waals surface area contributed by atoms with E-state index >= 15 is 0 Å². The van der Waals surface area contributed by atoms with Crippen molar-refractivity contribution in [3.8, 4) is 0 Å². The van der Waals surface area contributed by atoms with Gasteiger partial charge in [-0.2, -0.15) is 0 Å². The first-order chi connectivity index (χ1) is 8.46. The molecule has 1 rings (SSSR count). The van der Waals surface area contributed by atoms with Gasteiger partial charge in [-0.3, -0.25) is 9.69 Å². The highest BCUT2D eigenvalue weighted by Gasteiger charge is 2.36. The highest BCUT2D eigenvalue weighted by molar-refractivity contribution is 5.90. The minimum absolute atomic E-state index is 0.156. The second kappa shape index (κ2) is 6.10. The van der Waals surface area contributed by atoms with E-state index in [1.807, 2.05) is 32.8 Å². The predicted octanol–water partition coefficient (Wildman–Crippen LogP) is 3.06. The Bertz CT molecular complexity index is 411. The van der Waals surface area contributed by atoms with Gasteiger partial charge in [-0.05, 0) is 44.6 Å². The average Bonchev–Trinajstić information content (AvgIpc) is 2.30. The molecule has 0 bridgehead atoms. The van der Waals surface area contributed by atoms with Crippen LogP contribution in [0.4, 0.5) is 4.39 Å². The fourth-order valence-corrected chi connectivity index (χ4v) is 2.52. The van der Waals surface area contributed by atoms with Crippen LogP contribution in [-0.4, -0.2) is 30.3 Å². The van der Waals surface area contributed by atoms with Gasteiger partial charge in [0.1, 0.15) is 5.82 Å². The van der Waals surface area contributed by atoms with Crippen LogP contribution in [-0.2, 0) is 11.2 Å². The van der Waals surface area contributed by atoms with Gasteiger partial charge in [-0.1, -0.05) is 26.0 Å². The maximum atomic E-state index is 13.1. The molecule has 1 aromatic rings. The third kappa shape index (κ3) is 2.96. The maximum absolute atomic E-state index is 13.1. The van der Waals surface area contributed by atoms with Crippen LogP contribution >= 0.6 is 0 Å². The van der Waals surface area contributed by atoms with Crippen LogP contribution < -0.4 is 0 Å². The van der Waals surface area contributed by atoms with Gasteiger partial charge >= 0.3 is 0 Å². The SMILES string of the molecule is CCC(CC)(C(=O)Cc1cccc(F)c1)N(C)C. The Labute approximate surface area is 109 Å². The first-order valence-electron chi connectivity index (χ1n) is 6.41. The van der Waals surface area contributed by atoms with Crippen molar-refractivity contribution in [2.45, 2.75) is 38.6 Å². The molecule has 2 nitrogen and oxygen atoms in total. The Morgan fingerprint density at radius 1 is 1.28 bits per heavy atom. The molecule has 0 radical (unpaired) electrons. The molecule has 0 N–H and O–H groups in total. The van der Waals surface area contributed by atoms with Crippen molar-refractivity contribution in [2.75, 3.05) is 14.1 Å². The Kier molecular flexibility index (Phi) is 5.03. The Morgan fingerprint density at radius 2 is 1.89 bits per heavy atom. The Hall–Kier alpha value is -1.22. The van der Waals surface area contributed by atoms with E-state index in [0.29, 0.717) is 0 Å². The molecule has 0 heterocycles. The molecule has 0 aliphatic rings. The largest absolute Gasteiger partial charge is 0.297 e. The lowest BCUT2D eigenvalue weighted by molar-refractivity contribution is -0.129. The van der Waals surface area contributed by atoms with E-state index in [1.54, 1.807) is 12.1 Å². The first-order valence-corrected chi connectivity index (χ1v) is 6.41. The smallest absolute Gasteiger partial charge is 0.157 e. The van der Waals surface area contributed by atoms with Crippen molar-refractivity contribution < 1.29 is 9.18 Å². The molecule has 0 aromatic heterocycles. The lowest BCUT2D eigenvalue weighted by Gasteiger charge is -2.37. The Morgan fingerprint density at radius 3 is 2.33 bits per heavy atom. The molecule has 0 aliphatic heterocycles. The summed E-state index contributed by atoms with van der Waals surface area (Å²) in [6.07, 6.45) is 1.83. The van der Waals surface area contributed by atoms with Crippen molar-refractivity contribution in [2.24, 2.45) is 0 Å². The molecular formula is C15H22FNO. The minimum Gasteiger partial charge on any atom is -0.297 e. The Balaban J connectivity index is 2.92. The lowest BCUT2D eigenvalue weighted by atomic mass is 9.83. The van der Waals surface area contributed by atoms with Gasteiger partial charge in [0.05, 0.1) is 5.54 Å². The average molecular weight is 251 g/mol. The summed E-state index contributed by atoms with van der Waals surface area (Å²) in [7, 11) is 3.85. The fourth-order valence-electron chi connectivity index (χ4n) is 2.52. The normalized spacial score (nSPS) is 11.9. The van der Waals surface area contributed by atoms with Gasteiger partial charge in [0.25, 0.3) is 0 Å². The summed E-state index contributed by atoms with van der Waals surface area (Å²) in [6, 6.07) is 6.27. The van der Waals surface area contributed by atoms with E-state index in [4.69, 9.17) is 0 Å². The highest BCUT2D eigenvalue weighted by Crippen LogP contribution is 2.24. The van der Waals surface area contributed by atoms with Crippen molar-refractivity contribution in [1.82, 2.24) is 4.90 Å². The fraction of sp³-hybridized carbons (Fsp3) is 0.533. The zero-order valence-corrected chi connectivity index (χ0v) is 11.7. The van der Waals surface area contributed by atoms with Crippen LogP contribution in [0.3, 0.4) is 0 Å². The number of benzene rings is 1. The van der Waals surface area contributed by atoms with Gasteiger partial charge in [-0.25, -0.2) is 4.39 Å². The zero-order chi connectivity index (χ0) is 13.8. The summed E-state index contributed by atoms with van der Waals surface area (Å²) in [5.74, 6) is -0.133. The third-order valence-corrected chi connectivity index (χ3v) is 3.80. The number of nitrogens with zero attached hydrogens (tertiary/aromatic N) is 1. The van der Waals surface area contributed by atoms with Crippen LogP contribution in [0.1, 0.15) is 32.3 Å². The van der Waals surface area contributed by atoms with Gasteiger partial charge in [0, 0.05) is 6.42 Å². The van der Waals surface area contributed by atoms with Gasteiger partial charge in [-0.15, -0.1) is 0 Å². The molecule has 0 fully saturated rings. The van der Waals surface area contributed by atoms with Crippen LogP contribution in [0.25, 0.3) is 0 Å². The molecule has 3 heteroatoms. The van der Waals surface area contributed by atoms with Gasteiger partial charge in [0.15, 0.2) is 5.78 Å². The van der Waals surface area contributed by atoms with Crippen LogP contribution in [0.5, 0.6) is 0 Å². The van der Waals surface area contributed by atoms with E-state index in [-0.39, 0.29) is 18.0 Å². The zero-order valence-electron chi connectivity index (χ0n) is 11.7. The quantitative estimate of drug-likeness (QED) is 0.774. The molecule has 0 spiro atoms. The number of ketones is 1. The molecule has 0 unspecified atom stereocenters. The number of hydrogen-bond donors (Lipinski definition) is 0. The van der Waals surface area contributed by atoms with E-state index in [1.165, 1.54) is 12.1 Å². The molecule has 0 saturated carbocycles. The van der Waals surface area contributed by atoms with Crippen LogP contribution in [0, 0.1) is 5.82 Å². The predicted molar refractivity (Wildman–Crippen MR) is 72.1 cm³/mol. The highest BCUT2D eigenvalue weighted by atomic mass is 19.1. The van der Waals surface area contributed by atoms with E-state index < -0.39 is 5.54 Å². The maximum Gasteiger partial charge on any atom is 0.157 e. The van der Waals surface area contributed by atoms with Crippen molar-refractivity contribution >= 4 is 5.78 Å². The van der Waals surface area contributed by atoms with Crippen LogP contribution in [0.2, 0.25) is 0 Å². The van der Waals surface area contributed by atoms with Crippen molar-refractivity contribution in [3.05, 3.63) is 35.6 Å². The van der Waals surface area contributed by atoms with Crippen LogP contribution in [0.15, 0.2) is 24.3 Å². The van der Waals surface area contributed by atoms with E-state index in [2.05, 4.69) is 0 Å². The number of Topliss-reactive ketones (excluding diaryl/α,β-unsaturated/α-hetero) is 1. The van der Waals surface area contributed by atoms with Gasteiger partial charge < -0.3 is 0 Å². The summed E-state index contributed by atoms with van der Waals surface area (Å²) in [4.78, 5) is 14.5. The molecule has 18 heavy (non-hydrogen) atoms. The molecular weight excluding hydrogens is 229 g/mol. The molecule has 1 aromatic carbocycles. The number of halogens is 1. The summed E-state index contributed by atoms with van der Waals surface area (Å²) in [6.45, 7) is 4.04. The molecule has 0 saturated heterocycles. The van der Waals surface area contributed by atoms with E-state index in [9.17, 15) is 9.18 Å². The summed E-state index contributed by atoms with van der Waals surface area (Å²) in [5.41, 5.74) is 0.305. The summed E-state index contributed by atoms with van der Waals surface area (Å²) >= 11 is 0. The van der Waals surface area contributed by atoms with Gasteiger partial charge in [0.2, 0.25) is 0 Å². The second-order valence-corrected chi connectivity index (χ2v) is 4.86. The third-order valence-electron chi connectivity index (χ3n) is 3.80. The second-order valence-electron chi connectivity index (χ2n) is 4.86. The standard InChI is InChI=1S/C15H22FNO/c1-5-15(6-2,17(3)4)14(18)11-12-8-7-9-13(16)10-12/h7-10H,5-6,11H2,1-4H3. The number of rotatable bonds is 6. The summed E-state index contributed by atoms with van der Waals surface area (Å²) in [5, 5.41) is 0. The van der Waals surface area contributed by atoms with Crippen molar-refractivity contribution in [1.29, 1.82) is 0 Å². The molecule has 0 amide bonds. The van der Waals surface area contributed by atoms with Crippen molar-refractivity contribution in [3.63, 3.8) is 0 Å². The number of carbonyl (C=O) groups is 1. The molecule has 100 valence electrons. The first kappa shape index (κ1) is 14.8. The summed E-state index contributed by atoms with van der Waals surface area (Å²) < 4.78 is 13.1. The number of hydrogen-bond acceptors (Lipinski definition) is 2. The topological polar surface area (TPSA) is 20.3 Å². The van der Waals surface area contributed by atoms with E-state index in [0.717, 1.165) is 18.4 Å².